The number of allylic oxidation sites excluding steroid dienone is 1. The Balaban J connectivity index is 0.000000223. The Morgan fingerprint density at radius 3 is 1.01 bits per heavy atom. The van der Waals surface area contributed by atoms with Crippen molar-refractivity contribution >= 4 is 71.3 Å². The Labute approximate surface area is 511 Å². The van der Waals surface area contributed by atoms with E-state index in [1.165, 1.54) is 196 Å². The van der Waals surface area contributed by atoms with E-state index in [1.54, 1.807) is 0 Å². The maximum absolute atomic E-state index is 11.4. The topological polar surface area (TPSA) is 40.9 Å². The predicted molar refractivity (Wildman–Crippen MR) is 362 cm³/mol. The molecular formula is C73H115Br3NOP. The van der Waals surface area contributed by atoms with Gasteiger partial charge < -0.3 is 4.79 Å². The first kappa shape index (κ1) is 69.9. The van der Waals surface area contributed by atoms with Crippen molar-refractivity contribution in [1.29, 1.82) is 5.26 Å². The minimum atomic E-state index is -2.56. The molecule has 6 fully saturated rings. The van der Waals surface area contributed by atoms with E-state index >= 15 is 0 Å². The van der Waals surface area contributed by atoms with Gasteiger partial charge in [-0.2, -0.15) is 5.26 Å². The van der Waals surface area contributed by atoms with E-state index in [9.17, 15) is 10.1 Å². The Hall–Kier alpha value is -1.57. The van der Waals surface area contributed by atoms with E-state index in [0.29, 0.717) is 5.41 Å². The van der Waals surface area contributed by atoms with Crippen molar-refractivity contribution in [2.45, 2.75) is 248 Å². The summed E-state index contributed by atoms with van der Waals surface area (Å²) in [5.41, 5.74) is 0.619. The number of rotatable bonds is 14. The summed E-state index contributed by atoms with van der Waals surface area (Å²) in [5, 5.41) is 10.9. The fourth-order valence-electron chi connectivity index (χ4n) is 16.0. The second-order valence-corrected chi connectivity index (χ2v) is 36.4. The van der Waals surface area contributed by atoms with Crippen molar-refractivity contribution in [2.75, 3.05) is 6.66 Å². The first-order valence-electron chi connectivity index (χ1n) is 32.7. The summed E-state index contributed by atoms with van der Waals surface area (Å²) in [7, 11) is 0. The van der Waals surface area contributed by atoms with Gasteiger partial charge in [0.1, 0.15) is 6.29 Å². The van der Waals surface area contributed by atoms with E-state index in [0.717, 1.165) is 72.5 Å². The van der Waals surface area contributed by atoms with Gasteiger partial charge in [0.15, 0.2) is 0 Å². The van der Waals surface area contributed by atoms with Gasteiger partial charge in [0.2, 0.25) is 0 Å². The zero-order valence-electron chi connectivity index (χ0n) is 51.9. The molecule has 6 aliphatic carbocycles. The number of hydrogen-bond donors (Lipinski definition) is 0. The zero-order valence-corrected chi connectivity index (χ0v) is 57.5. The monoisotopic (exact) mass is 1290 g/mol. The molecule has 6 aliphatic rings. The van der Waals surface area contributed by atoms with E-state index < -0.39 is 5.31 Å². The number of carbonyl (C=O) groups excluding carboxylic acids is 1. The van der Waals surface area contributed by atoms with Gasteiger partial charge in [-0.25, -0.2) is 0 Å². The van der Waals surface area contributed by atoms with Crippen LogP contribution in [-0.2, 0) is 4.79 Å². The molecule has 79 heavy (non-hydrogen) atoms. The first-order chi connectivity index (χ1) is 38.2. The molecule has 0 saturated heterocycles. The number of benzene rings is 3. The van der Waals surface area contributed by atoms with Crippen LogP contribution in [0.3, 0.4) is 0 Å². The van der Waals surface area contributed by atoms with Crippen LogP contribution in [0.25, 0.3) is 0 Å². The van der Waals surface area contributed by atoms with Crippen molar-refractivity contribution in [3.05, 3.63) is 104 Å². The molecule has 0 N–H and O–H groups in total. The van der Waals surface area contributed by atoms with Gasteiger partial charge in [0.25, 0.3) is 0 Å². The fourth-order valence-corrected chi connectivity index (χ4v) is 21.6. The van der Waals surface area contributed by atoms with Crippen molar-refractivity contribution in [2.24, 2.45) is 69.5 Å². The third kappa shape index (κ3) is 20.0. The molecule has 0 atom stereocenters. The van der Waals surface area contributed by atoms with Crippen LogP contribution in [0.4, 0.5) is 0 Å². The van der Waals surface area contributed by atoms with Gasteiger partial charge in [-0.3, -0.25) is 0 Å². The maximum atomic E-state index is 11.4. The molecule has 9 rings (SSSR count). The fraction of sp³-hybridized carbons (Fsp3) is 0.699. The van der Waals surface area contributed by atoms with Crippen LogP contribution >= 0.6 is 49.1 Å². The van der Waals surface area contributed by atoms with Crippen LogP contribution in [0.1, 0.15) is 248 Å². The van der Waals surface area contributed by atoms with Gasteiger partial charge in [-0.05, 0) is 194 Å². The number of aldehydes is 1. The third-order valence-corrected chi connectivity index (χ3v) is 29.7. The van der Waals surface area contributed by atoms with Crippen LogP contribution < -0.4 is 15.9 Å². The summed E-state index contributed by atoms with van der Waals surface area (Å²) in [6.45, 7) is 24.5. The molecule has 0 unspecified atom stereocenters. The molecule has 0 heterocycles. The van der Waals surface area contributed by atoms with E-state index in [1.807, 2.05) is 13.8 Å². The van der Waals surface area contributed by atoms with Crippen LogP contribution in [0.2, 0.25) is 0 Å². The number of nitrogens with zero attached hydrogens (tertiary/aromatic N) is 1. The van der Waals surface area contributed by atoms with Crippen LogP contribution in [0.15, 0.2) is 104 Å². The molecule has 6 heteroatoms. The van der Waals surface area contributed by atoms with E-state index in [2.05, 4.69) is 202 Å². The molecule has 0 bridgehead atoms. The van der Waals surface area contributed by atoms with Gasteiger partial charge in [0, 0.05) is 33.7 Å². The molecule has 2 nitrogen and oxygen atoms in total. The zero-order chi connectivity index (χ0) is 57.8. The van der Waals surface area contributed by atoms with Gasteiger partial charge in [-0.15, -0.1) is 6.58 Å². The summed E-state index contributed by atoms with van der Waals surface area (Å²) in [5.74, 6) is 8.86. The summed E-state index contributed by atoms with van der Waals surface area (Å²) in [6, 6.07) is 35.0. The number of carbonyl (C=O) groups is 1. The molecule has 3 aromatic rings. The second kappa shape index (κ2) is 35.7. The van der Waals surface area contributed by atoms with Gasteiger partial charge in [0.05, 0.1) is 11.5 Å². The summed E-state index contributed by atoms with van der Waals surface area (Å²) in [4.78, 5) is 11.4. The van der Waals surface area contributed by atoms with Crippen molar-refractivity contribution in [1.82, 2.24) is 0 Å². The standard InChI is InChI=1S/C19H18BrP.C18H32.C17H29N.C17H30O.C2H6.Br2/c1-21(20,17-11-5-2-6-12-17,18-13-7-3-8-14-18)19-15-9-4-10-16-19;1-4-12-18(5-2)13-10-17(11-14-18)16-8-6-15(3)7-9-16;2*1-3-10-17(13-18)11-8-16(9-12-17)15-6-4-14(2)5-7-15;2*1-2/h2-16H,1H3;5,15-17H,2,4,6-14H2,1,3H3;14-16H,3-12H2,1-2H3;13-16H,3-12H2,1-2H3;1-2H3;. The Kier molecular flexibility index (Phi) is 31.6. The van der Waals surface area contributed by atoms with Crippen LogP contribution in [0, 0.1) is 80.8 Å². The molecule has 0 amide bonds. The summed E-state index contributed by atoms with van der Waals surface area (Å²) < 4.78 is 0. The SMILES string of the molecule is BrBr.C=CC1(CCC)CCC(C2CCC(C)CC2)CC1.CC.CCCC1(C#N)CCC(C2CCC(C)CC2)CC1.CCCC1(C=O)CCC(C2CCC(C)CC2)CC1.CP(Br)(c1ccccc1)(c1ccccc1)c1ccccc1. The van der Waals surface area contributed by atoms with E-state index in [-0.39, 0.29) is 10.8 Å². The van der Waals surface area contributed by atoms with Crippen LogP contribution in [0.5, 0.6) is 0 Å². The first-order valence-corrected chi connectivity index (χ1v) is 41.2. The van der Waals surface area contributed by atoms with Crippen molar-refractivity contribution in [3.63, 3.8) is 0 Å². The third-order valence-electron chi connectivity index (χ3n) is 21.5. The number of hydrogen-bond acceptors (Lipinski definition) is 2. The quantitative estimate of drug-likeness (QED) is 0.0917. The normalized spacial score (nSPS) is 32.0. The molecule has 0 aromatic heterocycles. The molecule has 3 aromatic carbocycles. The Morgan fingerprint density at radius 1 is 0.481 bits per heavy atom. The average Bonchev–Trinajstić information content (AvgIpc) is 3.61. The second-order valence-electron chi connectivity index (χ2n) is 26.7. The molecule has 0 radical (unpaired) electrons. The predicted octanol–water partition coefficient (Wildman–Crippen LogP) is 23.4. The van der Waals surface area contributed by atoms with Gasteiger partial charge in [-0.1, -0.05) is 119 Å². The summed E-state index contributed by atoms with van der Waals surface area (Å²) >= 11 is 9.74. The Bertz CT molecular complexity index is 1950. The van der Waals surface area contributed by atoms with E-state index in [4.69, 9.17) is 0 Å². The number of nitriles is 1. The molecule has 444 valence electrons. The minimum absolute atomic E-state index is 0.0488. The average molecular weight is 1290 g/mol. The molecule has 6 saturated carbocycles. The molecular weight excluding hydrogens is 1180 g/mol. The molecule has 0 aliphatic heterocycles. The Morgan fingerprint density at radius 2 is 0.747 bits per heavy atom. The van der Waals surface area contributed by atoms with Crippen molar-refractivity contribution in [3.8, 4) is 6.07 Å². The number of halogens is 3. The molecule has 0 spiro atoms. The van der Waals surface area contributed by atoms with Gasteiger partial charge >= 0.3 is 134 Å². The van der Waals surface area contributed by atoms with Crippen molar-refractivity contribution < 1.29 is 4.79 Å². The van der Waals surface area contributed by atoms with Crippen LogP contribution in [-0.4, -0.2) is 13.0 Å². The summed E-state index contributed by atoms with van der Waals surface area (Å²) in [6.07, 6.45) is 44.2.